The van der Waals surface area contributed by atoms with Gasteiger partial charge in [0.1, 0.15) is 5.00 Å². The van der Waals surface area contributed by atoms with Crippen LogP contribution in [0.2, 0.25) is 0 Å². The van der Waals surface area contributed by atoms with E-state index in [4.69, 9.17) is 5.11 Å². The van der Waals surface area contributed by atoms with E-state index in [1.807, 2.05) is 0 Å². The van der Waals surface area contributed by atoms with Crippen molar-refractivity contribution in [2.24, 2.45) is 16.7 Å². The van der Waals surface area contributed by atoms with Crippen LogP contribution in [0.5, 0.6) is 0 Å². The highest BCUT2D eigenvalue weighted by molar-refractivity contribution is 7.15. The lowest BCUT2D eigenvalue weighted by atomic mass is 10.0. The van der Waals surface area contributed by atoms with Crippen LogP contribution < -0.4 is 5.32 Å². The van der Waals surface area contributed by atoms with Crippen LogP contribution in [0.25, 0.3) is 0 Å². The molecule has 0 spiro atoms. The summed E-state index contributed by atoms with van der Waals surface area (Å²) in [6, 6.07) is 0. The Labute approximate surface area is 116 Å². The predicted molar refractivity (Wildman–Crippen MR) is 75.7 cm³/mol. The number of thiophene rings is 1. The van der Waals surface area contributed by atoms with Gasteiger partial charge in [-0.15, -0.1) is 11.3 Å². The van der Waals surface area contributed by atoms with Crippen molar-refractivity contribution >= 4 is 28.2 Å². The van der Waals surface area contributed by atoms with Crippen molar-refractivity contribution in [1.82, 2.24) is 0 Å². The molecule has 0 radical (unpaired) electrons. The van der Waals surface area contributed by atoms with Gasteiger partial charge in [0, 0.05) is 5.92 Å². The van der Waals surface area contributed by atoms with E-state index < -0.39 is 5.97 Å². The molecule has 0 atom stereocenters. The number of amides is 1. The number of carboxylic acid groups (broad SMARTS) is 1. The maximum absolute atomic E-state index is 12.3. The third-order valence-corrected chi connectivity index (χ3v) is 5.72. The number of rotatable bonds is 3. The Kier molecular flexibility index (Phi) is 3.01. The molecule has 1 aliphatic rings. The van der Waals surface area contributed by atoms with E-state index in [0.717, 1.165) is 0 Å². The SMILES string of the molecule is Cc1csc(NC(=O)C2C(C)(C)C2(C)C)c1C(=O)O. The lowest BCUT2D eigenvalue weighted by Gasteiger charge is -2.06. The molecule has 0 saturated heterocycles. The molecule has 1 fully saturated rings. The van der Waals surface area contributed by atoms with Crippen LogP contribution >= 0.6 is 11.3 Å². The first-order valence-corrected chi connectivity index (χ1v) is 7.11. The highest BCUT2D eigenvalue weighted by atomic mass is 32.1. The van der Waals surface area contributed by atoms with E-state index in [0.29, 0.717) is 10.6 Å². The highest BCUT2D eigenvalue weighted by Crippen LogP contribution is 2.68. The summed E-state index contributed by atoms with van der Waals surface area (Å²) in [6.07, 6.45) is 0. The fourth-order valence-corrected chi connectivity index (χ4v) is 3.78. The second kappa shape index (κ2) is 4.07. The first-order valence-electron chi connectivity index (χ1n) is 6.23. The van der Waals surface area contributed by atoms with Crippen LogP contribution in [-0.4, -0.2) is 17.0 Å². The molecule has 2 N–H and O–H groups in total. The molecule has 19 heavy (non-hydrogen) atoms. The van der Waals surface area contributed by atoms with Crippen LogP contribution in [0, 0.1) is 23.7 Å². The Morgan fingerprint density at radius 2 is 1.79 bits per heavy atom. The van der Waals surface area contributed by atoms with Gasteiger partial charge in [0.05, 0.1) is 5.56 Å². The Morgan fingerprint density at radius 1 is 1.26 bits per heavy atom. The second-order valence-corrected chi connectivity index (χ2v) is 7.17. The molecule has 104 valence electrons. The van der Waals surface area contributed by atoms with Gasteiger partial charge in [-0.3, -0.25) is 4.79 Å². The van der Waals surface area contributed by atoms with Gasteiger partial charge < -0.3 is 10.4 Å². The lowest BCUT2D eigenvalue weighted by Crippen LogP contribution is -2.18. The van der Waals surface area contributed by atoms with Crippen LogP contribution in [0.1, 0.15) is 43.6 Å². The molecule has 1 aromatic rings. The van der Waals surface area contributed by atoms with E-state index in [9.17, 15) is 9.59 Å². The summed E-state index contributed by atoms with van der Waals surface area (Å²) < 4.78 is 0. The number of nitrogens with one attached hydrogen (secondary N) is 1. The lowest BCUT2D eigenvalue weighted by molar-refractivity contribution is -0.118. The Bertz CT molecular complexity index is 543. The molecule has 2 rings (SSSR count). The molecular weight excluding hydrogens is 262 g/mol. The third-order valence-electron chi connectivity index (χ3n) is 4.71. The number of hydrogen-bond acceptors (Lipinski definition) is 3. The third kappa shape index (κ3) is 1.96. The van der Waals surface area contributed by atoms with Gasteiger partial charge in [-0.05, 0) is 28.7 Å². The van der Waals surface area contributed by atoms with Crippen molar-refractivity contribution in [3.63, 3.8) is 0 Å². The van der Waals surface area contributed by atoms with Crippen LogP contribution in [-0.2, 0) is 4.79 Å². The van der Waals surface area contributed by atoms with Crippen molar-refractivity contribution < 1.29 is 14.7 Å². The molecule has 0 bridgehead atoms. The van der Waals surface area contributed by atoms with E-state index in [1.54, 1.807) is 12.3 Å². The van der Waals surface area contributed by atoms with Crippen LogP contribution in [0.4, 0.5) is 5.00 Å². The number of carbonyl (C=O) groups excluding carboxylic acids is 1. The van der Waals surface area contributed by atoms with E-state index in [2.05, 4.69) is 33.0 Å². The normalized spacial score (nSPS) is 20.1. The fourth-order valence-electron chi connectivity index (χ4n) is 2.84. The Hall–Kier alpha value is -1.36. The minimum atomic E-state index is -0.997. The zero-order valence-electron chi connectivity index (χ0n) is 11.8. The average Bonchev–Trinajstić information content (AvgIpc) is 2.53. The van der Waals surface area contributed by atoms with E-state index in [-0.39, 0.29) is 28.2 Å². The first-order chi connectivity index (χ1) is 8.60. The van der Waals surface area contributed by atoms with Crippen LogP contribution in [0.3, 0.4) is 0 Å². The Morgan fingerprint density at radius 3 is 2.21 bits per heavy atom. The zero-order chi connectivity index (χ0) is 14.6. The molecule has 1 heterocycles. The monoisotopic (exact) mass is 281 g/mol. The minimum Gasteiger partial charge on any atom is -0.478 e. The van der Waals surface area contributed by atoms with Crippen LogP contribution in [0.15, 0.2) is 5.38 Å². The summed E-state index contributed by atoms with van der Waals surface area (Å²) >= 11 is 1.27. The number of hydrogen-bond donors (Lipinski definition) is 2. The van der Waals surface area contributed by atoms with E-state index >= 15 is 0 Å². The van der Waals surface area contributed by atoms with Gasteiger partial charge in [-0.1, -0.05) is 27.7 Å². The van der Waals surface area contributed by atoms with Crippen molar-refractivity contribution in [3.8, 4) is 0 Å². The molecule has 0 unspecified atom stereocenters. The largest absolute Gasteiger partial charge is 0.478 e. The van der Waals surface area contributed by atoms with E-state index in [1.165, 1.54) is 11.3 Å². The maximum atomic E-state index is 12.3. The fraction of sp³-hybridized carbons (Fsp3) is 0.571. The standard InChI is InChI=1S/C14H19NO3S/c1-7-6-19-11(8(7)12(17)18)15-10(16)9-13(2,3)14(9,4)5/h6,9H,1-5H3,(H,15,16)(H,17,18). The highest BCUT2D eigenvalue weighted by Gasteiger charge is 2.68. The van der Waals surface area contributed by atoms with Gasteiger partial charge in [-0.2, -0.15) is 0 Å². The summed E-state index contributed by atoms with van der Waals surface area (Å²) in [5.74, 6) is -1.16. The quantitative estimate of drug-likeness (QED) is 0.892. The molecule has 1 aliphatic carbocycles. The summed E-state index contributed by atoms with van der Waals surface area (Å²) in [7, 11) is 0. The molecule has 1 aromatic heterocycles. The molecule has 1 saturated carbocycles. The second-order valence-electron chi connectivity index (χ2n) is 6.29. The zero-order valence-corrected chi connectivity index (χ0v) is 12.6. The number of anilines is 1. The van der Waals surface area contributed by atoms with Gasteiger partial charge >= 0.3 is 5.97 Å². The van der Waals surface area contributed by atoms with Gasteiger partial charge in [-0.25, -0.2) is 4.79 Å². The minimum absolute atomic E-state index is 0.0488. The molecule has 0 aromatic carbocycles. The summed E-state index contributed by atoms with van der Waals surface area (Å²) in [5, 5.41) is 14.1. The number of aryl methyl sites for hydroxylation is 1. The predicted octanol–water partition coefficient (Wildman–Crippen LogP) is 3.38. The number of carboxylic acids is 1. The summed E-state index contributed by atoms with van der Waals surface area (Å²) in [4.78, 5) is 23.5. The van der Waals surface area contributed by atoms with Crippen molar-refractivity contribution in [2.45, 2.75) is 34.6 Å². The summed E-state index contributed by atoms with van der Waals surface area (Å²) in [5.41, 5.74) is 0.788. The summed E-state index contributed by atoms with van der Waals surface area (Å²) in [6.45, 7) is 9.99. The molecule has 4 nitrogen and oxygen atoms in total. The smallest absolute Gasteiger partial charge is 0.338 e. The number of carbonyl (C=O) groups is 2. The average molecular weight is 281 g/mol. The van der Waals surface area contributed by atoms with Gasteiger partial charge in [0.2, 0.25) is 5.91 Å². The van der Waals surface area contributed by atoms with Gasteiger partial charge in [0.15, 0.2) is 0 Å². The number of aromatic carboxylic acids is 1. The molecule has 1 amide bonds. The topological polar surface area (TPSA) is 66.4 Å². The molecule has 5 heteroatoms. The van der Waals surface area contributed by atoms with Crippen molar-refractivity contribution in [1.29, 1.82) is 0 Å². The first kappa shape index (κ1) is 14.1. The maximum Gasteiger partial charge on any atom is 0.338 e. The van der Waals surface area contributed by atoms with Crippen molar-refractivity contribution in [2.75, 3.05) is 5.32 Å². The molecule has 0 aliphatic heterocycles. The van der Waals surface area contributed by atoms with Crippen molar-refractivity contribution in [3.05, 3.63) is 16.5 Å². The van der Waals surface area contributed by atoms with Gasteiger partial charge in [0.25, 0.3) is 0 Å². The molecular formula is C14H19NO3S. The Balaban J connectivity index is 2.20.